The van der Waals surface area contributed by atoms with Crippen LogP contribution in [-0.4, -0.2) is 25.5 Å². The first kappa shape index (κ1) is 12.6. The Kier molecular flexibility index (Phi) is 4.87. The minimum absolute atomic E-state index is 0.385. The van der Waals surface area contributed by atoms with Gasteiger partial charge in [-0.15, -0.1) is 0 Å². The third-order valence-electron chi connectivity index (χ3n) is 1.91. The van der Waals surface area contributed by atoms with Gasteiger partial charge in [-0.25, -0.2) is 4.79 Å². The molecule has 0 aliphatic heterocycles. The number of methoxy groups -OCH3 is 2. The molecule has 0 amide bonds. The lowest BCUT2D eigenvalue weighted by Crippen LogP contribution is -2.02. The van der Waals surface area contributed by atoms with E-state index in [1.165, 1.54) is 7.11 Å². The normalized spacial score (nSPS) is 8.94. The summed E-state index contributed by atoms with van der Waals surface area (Å²) in [6.45, 7) is 0. The molecule has 84 valence electrons. The summed E-state index contributed by atoms with van der Waals surface area (Å²) >= 11 is 3.21. The van der Waals surface area contributed by atoms with E-state index >= 15 is 0 Å². The van der Waals surface area contributed by atoms with E-state index in [4.69, 9.17) is 4.74 Å². The smallest absolute Gasteiger partial charge is 0.337 e. The molecule has 0 saturated carbocycles. The lowest BCUT2D eigenvalue weighted by Gasteiger charge is -2.05. The predicted molar refractivity (Wildman–Crippen MR) is 65.0 cm³/mol. The summed E-state index contributed by atoms with van der Waals surface area (Å²) in [4.78, 5) is 11.3. The second-order valence-corrected chi connectivity index (χ2v) is 3.40. The molecule has 0 radical (unpaired) electrons. The molecule has 16 heavy (non-hydrogen) atoms. The highest BCUT2D eigenvalue weighted by Gasteiger charge is 2.08. The molecule has 0 N–H and O–H groups in total. The van der Waals surface area contributed by atoms with Gasteiger partial charge in [-0.05, 0) is 18.2 Å². The number of hydrogen-bond acceptors (Lipinski definition) is 3. The van der Waals surface area contributed by atoms with Crippen LogP contribution in [0.3, 0.4) is 0 Å². The summed E-state index contributed by atoms with van der Waals surface area (Å²) in [6, 6.07) is 4.99. The standard InChI is InChI=1S/C12H11BrO3/c1-15-11-6-5-10(12(14)16-2)8-9(11)4-3-7-13/h5-6,8H,7H2,1-2H3. The largest absolute Gasteiger partial charge is 0.495 e. The fraction of sp³-hybridized carbons (Fsp3) is 0.250. The van der Waals surface area contributed by atoms with Gasteiger partial charge >= 0.3 is 5.97 Å². The van der Waals surface area contributed by atoms with Crippen LogP contribution in [0.4, 0.5) is 0 Å². The SMILES string of the molecule is COC(=O)c1ccc(OC)c(C#CCBr)c1. The minimum Gasteiger partial charge on any atom is -0.495 e. The van der Waals surface area contributed by atoms with Gasteiger partial charge in [0.05, 0.1) is 30.7 Å². The van der Waals surface area contributed by atoms with Gasteiger partial charge < -0.3 is 9.47 Å². The molecule has 0 aliphatic carbocycles. The van der Waals surface area contributed by atoms with Crippen LogP contribution in [0.5, 0.6) is 5.75 Å². The first-order valence-corrected chi connectivity index (χ1v) is 5.66. The van der Waals surface area contributed by atoms with Crippen molar-refractivity contribution in [3.63, 3.8) is 0 Å². The number of carbonyl (C=O) groups excluding carboxylic acids is 1. The van der Waals surface area contributed by atoms with Gasteiger partial charge in [0.2, 0.25) is 0 Å². The van der Waals surface area contributed by atoms with E-state index in [-0.39, 0.29) is 5.97 Å². The van der Waals surface area contributed by atoms with E-state index in [1.807, 2.05) is 0 Å². The van der Waals surface area contributed by atoms with Crippen molar-refractivity contribution in [2.75, 3.05) is 19.5 Å². The molecule has 0 saturated heterocycles. The molecular weight excluding hydrogens is 272 g/mol. The molecule has 0 fully saturated rings. The van der Waals surface area contributed by atoms with E-state index in [0.29, 0.717) is 22.2 Å². The van der Waals surface area contributed by atoms with Crippen molar-refractivity contribution in [1.82, 2.24) is 0 Å². The highest BCUT2D eigenvalue weighted by molar-refractivity contribution is 9.09. The molecule has 0 bridgehead atoms. The van der Waals surface area contributed by atoms with Crippen molar-refractivity contribution in [3.05, 3.63) is 29.3 Å². The lowest BCUT2D eigenvalue weighted by molar-refractivity contribution is 0.0600. The zero-order chi connectivity index (χ0) is 12.0. The zero-order valence-corrected chi connectivity index (χ0v) is 10.6. The van der Waals surface area contributed by atoms with Crippen LogP contribution >= 0.6 is 15.9 Å². The van der Waals surface area contributed by atoms with Gasteiger partial charge in [-0.2, -0.15) is 0 Å². The highest BCUT2D eigenvalue weighted by atomic mass is 79.9. The number of alkyl halides is 1. The van der Waals surface area contributed by atoms with Gasteiger partial charge in [0, 0.05) is 0 Å². The van der Waals surface area contributed by atoms with Crippen LogP contribution in [0.25, 0.3) is 0 Å². The third-order valence-corrected chi connectivity index (χ3v) is 2.19. The number of benzene rings is 1. The molecule has 0 aliphatic rings. The fourth-order valence-corrected chi connectivity index (χ4v) is 1.32. The molecule has 1 aromatic rings. The number of carbonyl (C=O) groups is 1. The minimum atomic E-state index is -0.385. The van der Waals surface area contributed by atoms with Crippen molar-refractivity contribution in [1.29, 1.82) is 0 Å². The van der Waals surface area contributed by atoms with Crippen molar-refractivity contribution < 1.29 is 14.3 Å². The molecule has 1 aromatic carbocycles. The van der Waals surface area contributed by atoms with Crippen molar-refractivity contribution in [3.8, 4) is 17.6 Å². The van der Waals surface area contributed by atoms with E-state index in [2.05, 4.69) is 32.5 Å². The van der Waals surface area contributed by atoms with Gasteiger partial charge in [0.15, 0.2) is 0 Å². The van der Waals surface area contributed by atoms with Gasteiger partial charge in [0.1, 0.15) is 5.75 Å². The monoisotopic (exact) mass is 282 g/mol. The summed E-state index contributed by atoms with van der Waals surface area (Å²) in [5.41, 5.74) is 1.13. The van der Waals surface area contributed by atoms with Crippen molar-refractivity contribution in [2.24, 2.45) is 0 Å². The molecular formula is C12H11BrO3. The predicted octanol–water partition coefficient (Wildman–Crippen LogP) is 2.23. The maximum atomic E-state index is 11.3. The lowest BCUT2D eigenvalue weighted by atomic mass is 10.1. The maximum absolute atomic E-state index is 11.3. The molecule has 0 atom stereocenters. The molecule has 4 heteroatoms. The van der Waals surface area contributed by atoms with Gasteiger partial charge in [0.25, 0.3) is 0 Å². The third kappa shape index (κ3) is 3.01. The van der Waals surface area contributed by atoms with Crippen LogP contribution in [-0.2, 0) is 4.74 Å². The molecule has 0 unspecified atom stereocenters. The van der Waals surface area contributed by atoms with Crippen LogP contribution in [0.2, 0.25) is 0 Å². The van der Waals surface area contributed by atoms with Crippen LogP contribution in [0, 0.1) is 11.8 Å². The molecule has 0 spiro atoms. The Morgan fingerprint density at radius 2 is 2.19 bits per heavy atom. The summed E-state index contributed by atoms with van der Waals surface area (Å²) in [5, 5.41) is 0.568. The van der Waals surface area contributed by atoms with Crippen LogP contribution in [0.1, 0.15) is 15.9 Å². The topological polar surface area (TPSA) is 35.5 Å². The number of esters is 1. The van der Waals surface area contributed by atoms with E-state index in [0.717, 1.165) is 0 Å². The summed E-state index contributed by atoms with van der Waals surface area (Å²) < 4.78 is 9.77. The maximum Gasteiger partial charge on any atom is 0.337 e. The number of rotatable bonds is 2. The van der Waals surface area contributed by atoms with Gasteiger partial charge in [-0.1, -0.05) is 27.8 Å². The Bertz CT molecular complexity index is 443. The second kappa shape index (κ2) is 6.19. The molecule has 1 rings (SSSR count). The summed E-state index contributed by atoms with van der Waals surface area (Å²) in [6.07, 6.45) is 0. The molecule has 3 nitrogen and oxygen atoms in total. The first-order chi connectivity index (χ1) is 7.72. The Balaban J connectivity index is 3.15. The molecule has 0 heterocycles. The van der Waals surface area contributed by atoms with E-state index in [9.17, 15) is 4.79 Å². The van der Waals surface area contributed by atoms with Crippen molar-refractivity contribution >= 4 is 21.9 Å². The first-order valence-electron chi connectivity index (χ1n) is 4.54. The average Bonchev–Trinajstić information content (AvgIpc) is 2.34. The Labute approximate surface area is 103 Å². The van der Waals surface area contributed by atoms with Crippen LogP contribution in [0.15, 0.2) is 18.2 Å². The molecule has 0 aromatic heterocycles. The number of ether oxygens (including phenoxy) is 2. The number of halogens is 1. The van der Waals surface area contributed by atoms with E-state index < -0.39 is 0 Å². The summed E-state index contributed by atoms with van der Waals surface area (Å²) in [5.74, 6) is 6.02. The highest BCUT2D eigenvalue weighted by Crippen LogP contribution is 2.19. The zero-order valence-electron chi connectivity index (χ0n) is 9.04. The average molecular weight is 283 g/mol. The Hall–Kier alpha value is -1.47. The second-order valence-electron chi connectivity index (χ2n) is 2.84. The number of hydrogen-bond donors (Lipinski definition) is 0. The van der Waals surface area contributed by atoms with Gasteiger partial charge in [-0.3, -0.25) is 0 Å². The summed E-state index contributed by atoms with van der Waals surface area (Å²) in [7, 11) is 2.91. The Morgan fingerprint density at radius 3 is 2.75 bits per heavy atom. The quantitative estimate of drug-likeness (QED) is 0.474. The van der Waals surface area contributed by atoms with Crippen LogP contribution < -0.4 is 4.74 Å². The van der Waals surface area contributed by atoms with Crippen molar-refractivity contribution in [2.45, 2.75) is 0 Å². The fourth-order valence-electron chi connectivity index (χ4n) is 1.18. The van der Waals surface area contributed by atoms with E-state index in [1.54, 1.807) is 25.3 Å². The Morgan fingerprint density at radius 1 is 1.44 bits per heavy atom.